The molecule has 1 fully saturated rings. The number of amides is 2. The second kappa shape index (κ2) is 5.53. The van der Waals surface area contributed by atoms with Crippen molar-refractivity contribution in [3.8, 4) is 0 Å². The summed E-state index contributed by atoms with van der Waals surface area (Å²) in [6.07, 6.45) is 2.81. The summed E-state index contributed by atoms with van der Waals surface area (Å²) in [6.45, 7) is 0.734. The van der Waals surface area contributed by atoms with Gasteiger partial charge in [0, 0.05) is 17.8 Å². The van der Waals surface area contributed by atoms with Crippen LogP contribution in [0.15, 0.2) is 24.3 Å². The molecule has 1 atom stereocenters. The summed E-state index contributed by atoms with van der Waals surface area (Å²) in [6, 6.07) is 6.65. The summed E-state index contributed by atoms with van der Waals surface area (Å²) < 4.78 is 0. The summed E-state index contributed by atoms with van der Waals surface area (Å²) >= 11 is 0. The molecule has 1 heterocycles. The molecule has 1 saturated heterocycles. The highest BCUT2D eigenvalue weighted by molar-refractivity contribution is 5.94. The van der Waals surface area contributed by atoms with E-state index in [1.165, 1.54) is 0 Å². The van der Waals surface area contributed by atoms with Crippen LogP contribution in [0.1, 0.15) is 29.6 Å². The lowest BCUT2D eigenvalue weighted by atomic mass is 10.1. The van der Waals surface area contributed by atoms with Crippen molar-refractivity contribution in [2.45, 2.75) is 25.3 Å². The largest absolute Gasteiger partial charge is 0.374 e. The Hall–Kier alpha value is -2.04. The lowest BCUT2D eigenvalue weighted by Crippen LogP contribution is -2.37. The number of hydrogen-bond acceptors (Lipinski definition) is 3. The van der Waals surface area contributed by atoms with Gasteiger partial charge in [0.25, 0.3) is 0 Å². The fourth-order valence-corrected chi connectivity index (χ4v) is 2.04. The molecule has 1 aromatic carbocycles. The van der Waals surface area contributed by atoms with E-state index in [1.807, 2.05) is 6.07 Å². The molecule has 5 nitrogen and oxygen atoms in total. The number of benzene rings is 1. The smallest absolute Gasteiger partial charge is 0.248 e. The van der Waals surface area contributed by atoms with Gasteiger partial charge in [0.1, 0.15) is 6.04 Å². The van der Waals surface area contributed by atoms with Crippen LogP contribution in [0.4, 0.5) is 5.69 Å². The average Bonchev–Trinajstić information content (AvgIpc) is 2.55. The van der Waals surface area contributed by atoms with Gasteiger partial charge in [-0.1, -0.05) is 6.07 Å². The minimum Gasteiger partial charge on any atom is -0.374 e. The van der Waals surface area contributed by atoms with E-state index < -0.39 is 5.91 Å². The Labute approximate surface area is 106 Å². The molecule has 5 heteroatoms. The highest BCUT2D eigenvalue weighted by Gasteiger charge is 2.20. The van der Waals surface area contributed by atoms with E-state index in [2.05, 4.69) is 10.6 Å². The van der Waals surface area contributed by atoms with Gasteiger partial charge in [-0.3, -0.25) is 9.59 Å². The van der Waals surface area contributed by atoms with Crippen molar-refractivity contribution < 1.29 is 9.59 Å². The Balaban J connectivity index is 2.10. The highest BCUT2D eigenvalue weighted by atomic mass is 16.2. The Morgan fingerprint density at radius 2 is 2.22 bits per heavy atom. The van der Waals surface area contributed by atoms with Crippen LogP contribution < -0.4 is 16.4 Å². The normalized spacial score (nSPS) is 19.8. The lowest BCUT2D eigenvalue weighted by Gasteiger charge is -2.16. The zero-order valence-corrected chi connectivity index (χ0v) is 10.1. The summed E-state index contributed by atoms with van der Waals surface area (Å²) in [5.41, 5.74) is 6.40. The van der Waals surface area contributed by atoms with Crippen LogP contribution >= 0.6 is 0 Å². The first-order valence-electron chi connectivity index (χ1n) is 6.11. The van der Waals surface area contributed by atoms with Gasteiger partial charge in [0.15, 0.2) is 0 Å². The summed E-state index contributed by atoms with van der Waals surface area (Å²) in [5.74, 6) is -0.457. The monoisotopic (exact) mass is 247 g/mol. The topological polar surface area (TPSA) is 84.2 Å². The first kappa shape index (κ1) is 12.4. The Kier molecular flexibility index (Phi) is 3.82. The van der Waals surface area contributed by atoms with E-state index >= 15 is 0 Å². The molecular formula is C13H17N3O2. The summed E-state index contributed by atoms with van der Waals surface area (Å²) in [7, 11) is 0. The molecule has 0 radical (unpaired) electrons. The highest BCUT2D eigenvalue weighted by Crippen LogP contribution is 2.15. The third kappa shape index (κ3) is 3.00. The first-order chi connectivity index (χ1) is 8.66. The molecule has 96 valence electrons. The van der Waals surface area contributed by atoms with Crippen molar-refractivity contribution in [2.75, 3.05) is 11.9 Å². The molecule has 1 aromatic rings. The number of nitrogens with two attached hydrogens (primary N) is 1. The van der Waals surface area contributed by atoms with Crippen LogP contribution in [-0.4, -0.2) is 24.4 Å². The number of nitrogens with one attached hydrogen (secondary N) is 2. The van der Waals surface area contributed by atoms with Gasteiger partial charge < -0.3 is 16.4 Å². The second-order valence-corrected chi connectivity index (χ2v) is 4.43. The van der Waals surface area contributed by atoms with Gasteiger partial charge in [0.05, 0.1) is 0 Å². The molecule has 2 amide bonds. The SMILES string of the molecule is NC(=O)c1cccc(N[C@H]2CCCCNC2=O)c1. The molecule has 0 unspecified atom stereocenters. The van der Waals surface area contributed by atoms with Gasteiger partial charge in [-0.15, -0.1) is 0 Å². The van der Waals surface area contributed by atoms with Gasteiger partial charge in [0.2, 0.25) is 11.8 Å². The molecule has 2 rings (SSSR count). The Bertz CT molecular complexity index is 459. The molecule has 1 aliphatic rings. The number of carbonyl (C=O) groups excluding carboxylic acids is 2. The summed E-state index contributed by atoms with van der Waals surface area (Å²) in [5, 5.41) is 6.01. The van der Waals surface area contributed by atoms with Crippen molar-refractivity contribution in [3.05, 3.63) is 29.8 Å². The minimum absolute atomic E-state index is 0.0111. The van der Waals surface area contributed by atoms with Crippen molar-refractivity contribution >= 4 is 17.5 Å². The molecular weight excluding hydrogens is 230 g/mol. The van der Waals surface area contributed by atoms with Gasteiger partial charge in [-0.2, -0.15) is 0 Å². The number of anilines is 1. The number of primary amides is 1. The minimum atomic E-state index is -0.469. The quantitative estimate of drug-likeness (QED) is 0.741. The van der Waals surface area contributed by atoms with E-state index in [9.17, 15) is 9.59 Å². The van der Waals surface area contributed by atoms with E-state index in [0.29, 0.717) is 5.56 Å². The molecule has 0 aliphatic carbocycles. The van der Waals surface area contributed by atoms with Crippen LogP contribution in [0.5, 0.6) is 0 Å². The molecule has 0 saturated carbocycles. The maximum absolute atomic E-state index is 11.8. The Morgan fingerprint density at radius 1 is 1.39 bits per heavy atom. The van der Waals surface area contributed by atoms with Crippen LogP contribution in [-0.2, 0) is 4.79 Å². The zero-order chi connectivity index (χ0) is 13.0. The van der Waals surface area contributed by atoms with Gasteiger partial charge in [-0.25, -0.2) is 0 Å². The molecule has 0 aromatic heterocycles. The van der Waals surface area contributed by atoms with E-state index in [4.69, 9.17) is 5.73 Å². The molecule has 0 bridgehead atoms. The van der Waals surface area contributed by atoms with Crippen molar-refractivity contribution in [2.24, 2.45) is 5.73 Å². The van der Waals surface area contributed by atoms with Crippen LogP contribution in [0.2, 0.25) is 0 Å². The van der Waals surface area contributed by atoms with Crippen molar-refractivity contribution in [1.29, 1.82) is 0 Å². The zero-order valence-electron chi connectivity index (χ0n) is 10.1. The van der Waals surface area contributed by atoms with Gasteiger partial charge in [-0.05, 0) is 37.5 Å². The predicted octanol–water partition coefficient (Wildman–Crippen LogP) is 0.866. The van der Waals surface area contributed by atoms with Crippen molar-refractivity contribution in [3.63, 3.8) is 0 Å². The van der Waals surface area contributed by atoms with Crippen LogP contribution in [0.3, 0.4) is 0 Å². The maximum atomic E-state index is 11.8. The van der Waals surface area contributed by atoms with E-state index in [-0.39, 0.29) is 11.9 Å². The fourth-order valence-electron chi connectivity index (χ4n) is 2.04. The molecule has 0 spiro atoms. The average molecular weight is 247 g/mol. The third-order valence-electron chi connectivity index (χ3n) is 3.02. The van der Waals surface area contributed by atoms with Crippen LogP contribution in [0, 0.1) is 0 Å². The van der Waals surface area contributed by atoms with Crippen molar-refractivity contribution in [1.82, 2.24) is 5.32 Å². The second-order valence-electron chi connectivity index (χ2n) is 4.43. The molecule has 4 N–H and O–H groups in total. The lowest BCUT2D eigenvalue weighted by molar-refractivity contribution is -0.121. The van der Waals surface area contributed by atoms with E-state index in [0.717, 1.165) is 31.5 Å². The number of hydrogen-bond donors (Lipinski definition) is 3. The first-order valence-corrected chi connectivity index (χ1v) is 6.11. The summed E-state index contributed by atoms with van der Waals surface area (Å²) in [4.78, 5) is 22.9. The van der Waals surface area contributed by atoms with Crippen LogP contribution in [0.25, 0.3) is 0 Å². The number of rotatable bonds is 3. The fraction of sp³-hybridized carbons (Fsp3) is 0.385. The van der Waals surface area contributed by atoms with Gasteiger partial charge >= 0.3 is 0 Å². The third-order valence-corrected chi connectivity index (χ3v) is 3.02. The maximum Gasteiger partial charge on any atom is 0.248 e. The molecule has 18 heavy (non-hydrogen) atoms. The van der Waals surface area contributed by atoms with E-state index in [1.54, 1.807) is 18.2 Å². The standard InChI is InChI=1S/C13H17N3O2/c14-12(17)9-4-3-5-10(8-9)16-11-6-1-2-7-15-13(11)18/h3-5,8,11,16H,1-2,6-7H2,(H2,14,17)(H,15,18)/t11-/m0/s1. The number of carbonyl (C=O) groups is 2. The predicted molar refractivity (Wildman–Crippen MR) is 69.2 cm³/mol. The molecule has 1 aliphatic heterocycles. The Morgan fingerprint density at radius 3 is 3.00 bits per heavy atom.